The summed E-state index contributed by atoms with van der Waals surface area (Å²) in [6.45, 7) is 13.6. The fraction of sp³-hybridized carbons (Fsp3) is 1.00. The molecule has 0 N–H and O–H groups in total. The fourth-order valence-electron chi connectivity index (χ4n) is 2.33. The molecule has 1 nitrogen and oxygen atoms in total. The first-order valence-electron chi connectivity index (χ1n) is 6.05. The molecule has 1 rings (SSSR count). The van der Waals surface area contributed by atoms with Crippen molar-refractivity contribution in [2.24, 2.45) is 0 Å². The number of quaternary nitrogens is 1. The van der Waals surface area contributed by atoms with Crippen molar-refractivity contribution in [2.75, 3.05) is 14.1 Å². The lowest BCUT2D eigenvalue weighted by Gasteiger charge is -2.58. The van der Waals surface area contributed by atoms with E-state index >= 15 is 0 Å². The van der Waals surface area contributed by atoms with Crippen LogP contribution in [0, 0.1) is 0 Å². The molecule has 1 fully saturated rings. The standard InChI is InChI=1S/C11H24N.C2H6/c1-10(2)8-7-9-11(3,4)12(10,5)6;1-2/h7-9H2,1-6H3;1-2H3/q+1;. The molecule has 1 heterocycles. The van der Waals surface area contributed by atoms with Gasteiger partial charge in [-0.1, -0.05) is 13.8 Å². The summed E-state index contributed by atoms with van der Waals surface area (Å²) in [4.78, 5) is 0. The van der Waals surface area contributed by atoms with Gasteiger partial charge in [-0.05, 0) is 34.1 Å². The minimum atomic E-state index is 0.446. The average Bonchev–Trinajstić information content (AvgIpc) is 2.04. The van der Waals surface area contributed by atoms with E-state index in [9.17, 15) is 0 Å². The van der Waals surface area contributed by atoms with Crippen LogP contribution in [0.4, 0.5) is 0 Å². The van der Waals surface area contributed by atoms with Crippen LogP contribution < -0.4 is 0 Å². The summed E-state index contributed by atoms with van der Waals surface area (Å²) < 4.78 is 1.15. The molecule has 0 unspecified atom stereocenters. The molecule has 0 spiro atoms. The number of nitrogens with zero attached hydrogens (tertiary/aromatic N) is 1. The topological polar surface area (TPSA) is 0 Å². The first-order valence-corrected chi connectivity index (χ1v) is 6.05. The Kier molecular flexibility index (Phi) is 4.21. The summed E-state index contributed by atoms with van der Waals surface area (Å²) in [5.41, 5.74) is 0.892. The lowest BCUT2D eigenvalue weighted by atomic mass is 9.78. The highest BCUT2D eigenvalue weighted by molar-refractivity contribution is 4.84. The summed E-state index contributed by atoms with van der Waals surface area (Å²) in [6, 6.07) is 0. The molecule has 14 heavy (non-hydrogen) atoms. The largest absolute Gasteiger partial charge is 0.320 e. The van der Waals surface area contributed by atoms with Crippen molar-refractivity contribution >= 4 is 0 Å². The van der Waals surface area contributed by atoms with E-state index in [-0.39, 0.29) is 0 Å². The van der Waals surface area contributed by atoms with Crippen LogP contribution in [-0.2, 0) is 0 Å². The Labute approximate surface area is 91.1 Å². The molecule has 0 bridgehead atoms. The number of hydrogen-bond acceptors (Lipinski definition) is 0. The first-order chi connectivity index (χ1) is 6.21. The zero-order valence-electron chi connectivity index (χ0n) is 11.6. The lowest BCUT2D eigenvalue weighted by Crippen LogP contribution is -2.68. The second kappa shape index (κ2) is 4.22. The summed E-state index contributed by atoms with van der Waals surface area (Å²) in [5.74, 6) is 0. The van der Waals surface area contributed by atoms with Gasteiger partial charge in [-0.2, -0.15) is 0 Å². The zero-order chi connectivity index (χ0) is 11.6. The quantitative estimate of drug-likeness (QED) is 0.521. The maximum absolute atomic E-state index is 2.40. The van der Waals surface area contributed by atoms with Gasteiger partial charge in [-0.3, -0.25) is 0 Å². The Morgan fingerprint density at radius 3 is 1.29 bits per heavy atom. The van der Waals surface area contributed by atoms with Crippen molar-refractivity contribution in [3.05, 3.63) is 0 Å². The van der Waals surface area contributed by atoms with Crippen molar-refractivity contribution in [1.29, 1.82) is 0 Å². The highest BCUT2D eigenvalue weighted by atomic mass is 15.4. The summed E-state index contributed by atoms with van der Waals surface area (Å²) in [7, 11) is 4.75. The summed E-state index contributed by atoms with van der Waals surface area (Å²) in [5, 5.41) is 0. The normalized spacial score (nSPS) is 27.4. The van der Waals surface area contributed by atoms with Crippen LogP contribution in [0.2, 0.25) is 0 Å². The lowest BCUT2D eigenvalue weighted by molar-refractivity contribution is -0.987. The first kappa shape index (κ1) is 14.0. The van der Waals surface area contributed by atoms with Gasteiger partial charge in [0.2, 0.25) is 0 Å². The fourth-order valence-corrected chi connectivity index (χ4v) is 2.33. The molecular formula is C13H30N+. The molecule has 0 aromatic carbocycles. The third-order valence-corrected chi connectivity index (χ3v) is 4.60. The Hall–Kier alpha value is -0.0400. The molecule has 0 aromatic rings. The molecule has 1 saturated heterocycles. The molecule has 86 valence electrons. The van der Waals surface area contributed by atoms with Crippen molar-refractivity contribution in [1.82, 2.24) is 0 Å². The minimum absolute atomic E-state index is 0.446. The Balaban J connectivity index is 0.000000791. The van der Waals surface area contributed by atoms with E-state index in [1.165, 1.54) is 19.3 Å². The maximum Gasteiger partial charge on any atom is 0.0935 e. The monoisotopic (exact) mass is 200 g/mol. The Morgan fingerprint density at radius 2 is 1.07 bits per heavy atom. The highest BCUT2D eigenvalue weighted by Gasteiger charge is 2.50. The van der Waals surface area contributed by atoms with Gasteiger partial charge in [-0.15, -0.1) is 0 Å². The van der Waals surface area contributed by atoms with Crippen LogP contribution in [0.1, 0.15) is 60.8 Å². The van der Waals surface area contributed by atoms with Gasteiger partial charge in [0.25, 0.3) is 0 Å². The zero-order valence-corrected chi connectivity index (χ0v) is 11.6. The molecule has 0 amide bonds. The van der Waals surface area contributed by atoms with Gasteiger partial charge in [0, 0.05) is 12.8 Å². The van der Waals surface area contributed by atoms with Crippen LogP contribution in [0.25, 0.3) is 0 Å². The van der Waals surface area contributed by atoms with Gasteiger partial charge in [0.1, 0.15) is 0 Å². The van der Waals surface area contributed by atoms with Crippen molar-refractivity contribution in [2.45, 2.75) is 71.9 Å². The molecule has 0 aliphatic carbocycles. The van der Waals surface area contributed by atoms with Crippen LogP contribution >= 0.6 is 0 Å². The molecule has 1 aliphatic heterocycles. The Bertz CT molecular complexity index is 160. The molecule has 1 heteroatoms. The van der Waals surface area contributed by atoms with E-state index in [0.717, 1.165) is 4.48 Å². The van der Waals surface area contributed by atoms with Crippen molar-refractivity contribution < 1.29 is 4.48 Å². The predicted octanol–water partition coefficient (Wildman–Crippen LogP) is 3.83. The van der Waals surface area contributed by atoms with E-state index < -0.39 is 0 Å². The highest BCUT2D eigenvalue weighted by Crippen LogP contribution is 2.42. The second-order valence-corrected chi connectivity index (χ2v) is 5.93. The SMILES string of the molecule is CC.CC1(C)CCCC(C)(C)[N+]1(C)C. The number of rotatable bonds is 0. The number of likely N-dealkylation sites (tertiary alicyclic amines) is 1. The molecule has 0 radical (unpaired) electrons. The second-order valence-electron chi connectivity index (χ2n) is 5.93. The van der Waals surface area contributed by atoms with Crippen molar-refractivity contribution in [3.63, 3.8) is 0 Å². The van der Waals surface area contributed by atoms with E-state index in [0.29, 0.717) is 11.1 Å². The van der Waals surface area contributed by atoms with Gasteiger partial charge in [0.05, 0.1) is 25.2 Å². The van der Waals surface area contributed by atoms with Gasteiger partial charge in [-0.25, -0.2) is 0 Å². The van der Waals surface area contributed by atoms with Gasteiger partial charge in [0.15, 0.2) is 0 Å². The molecular weight excluding hydrogens is 170 g/mol. The van der Waals surface area contributed by atoms with E-state index in [2.05, 4.69) is 41.8 Å². The number of piperidine rings is 1. The Morgan fingerprint density at radius 1 is 0.786 bits per heavy atom. The van der Waals surface area contributed by atoms with Crippen LogP contribution in [0.15, 0.2) is 0 Å². The van der Waals surface area contributed by atoms with Crippen LogP contribution in [0.5, 0.6) is 0 Å². The average molecular weight is 200 g/mol. The van der Waals surface area contributed by atoms with Gasteiger partial charge >= 0.3 is 0 Å². The van der Waals surface area contributed by atoms with Crippen LogP contribution in [-0.4, -0.2) is 29.7 Å². The summed E-state index contributed by atoms with van der Waals surface area (Å²) >= 11 is 0. The van der Waals surface area contributed by atoms with Crippen LogP contribution in [0.3, 0.4) is 0 Å². The van der Waals surface area contributed by atoms with E-state index in [1.807, 2.05) is 13.8 Å². The molecule has 1 aliphatic rings. The smallest absolute Gasteiger partial charge is 0.0935 e. The van der Waals surface area contributed by atoms with Gasteiger partial charge < -0.3 is 4.48 Å². The maximum atomic E-state index is 2.40. The minimum Gasteiger partial charge on any atom is -0.320 e. The predicted molar refractivity (Wildman–Crippen MR) is 65.5 cm³/mol. The van der Waals surface area contributed by atoms with E-state index in [4.69, 9.17) is 0 Å². The van der Waals surface area contributed by atoms with Crippen molar-refractivity contribution in [3.8, 4) is 0 Å². The molecule has 0 saturated carbocycles. The third-order valence-electron chi connectivity index (χ3n) is 4.60. The third kappa shape index (κ3) is 2.13. The van der Waals surface area contributed by atoms with E-state index in [1.54, 1.807) is 0 Å². The summed E-state index contributed by atoms with van der Waals surface area (Å²) in [6.07, 6.45) is 4.12. The number of hydrogen-bond donors (Lipinski definition) is 0. The molecule has 0 aromatic heterocycles. The molecule has 0 atom stereocenters.